The van der Waals surface area contributed by atoms with Gasteiger partial charge in [0, 0.05) is 44.8 Å². The number of likely N-dealkylation sites (N-methyl/N-ethyl adjacent to an activating group) is 1. The van der Waals surface area contributed by atoms with Crippen LogP contribution in [0.25, 0.3) is 0 Å². The summed E-state index contributed by atoms with van der Waals surface area (Å²) in [6.07, 6.45) is -5.81. The van der Waals surface area contributed by atoms with E-state index >= 15 is 0 Å². The molecule has 0 amide bonds. The second-order valence-electron chi connectivity index (χ2n) is 9.39. The van der Waals surface area contributed by atoms with Crippen LogP contribution in [0.3, 0.4) is 0 Å². The van der Waals surface area contributed by atoms with E-state index in [9.17, 15) is 35.8 Å². The standard InChI is InChI=1S/C20H32FN3O.2C2HF3O2/c1-22(2)19(16-7-9-17(21)10-8-16)15-23-11-13-24(14-12-23)18-5-3-4-6-20(18)25;2*3-2(4,5)1(6)7/h7-10,18-20,25H,3-6,11-15H2,1-2H3;2*(H,6,7)/t18-,19?,20-;;/m0../s1. The summed E-state index contributed by atoms with van der Waals surface area (Å²) in [5.74, 6) is -5.69. The molecule has 1 heterocycles. The highest BCUT2D eigenvalue weighted by Gasteiger charge is 2.39. The molecule has 1 aromatic carbocycles. The molecule has 0 radical (unpaired) electrons. The van der Waals surface area contributed by atoms with Crippen LogP contribution in [-0.2, 0) is 9.59 Å². The fraction of sp³-hybridized carbons (Fsp3) is 0.667. The number of benzene rings is 1. The smallest absolute Gasteiger partial charge is 0.475 e. The number of alkyl halides is 6. The summed E-state index contributed by atoms with van der Waals surface area (Å²) in [6, 6.07) is 7.52. The number of carboxylic acid groups (broad SMARTS) is 2. The number of aliphatic hydroxyl groups excluding tert-OH is 1. The van der Waals surface area contributed by atoms with Gasteiger partial charge < -0.3 is 20.2 Å². The van der Waals surface area contributed by atoms with Gasteiger partial charge in [-0.1, -0.05) is 25.0 Å². The van der Waals surface area contributed by atoms with Gasteiger partial charge >= 0.3 is 24.3 Å². The van der Waals surface area contributed by atoms with E-state index in [0.29, 0.717) is 6.04 Å². The topological polar surface area (TPSA) is 105 Å². The van der Waals surface area contributed by atoms with Crippen molar-refractivity contribution in [1.82, 2.24) is 14.7 Å². The first-order chi connectivity index (χ1) is 17.9. The molecular weight excluding hydrogens is 543 g/mol. The molecule has 2 aliphatic rings. The lowest BCUT2D eigenvalue weighted by Gasteiger charge is -2.43. The number of piperazine rings is 1. The first-order valence-electron chi connectivity index (χ1n) is 12.1. The molecule has 15 heteroatoms. The summed E-state index contributed by atoms with van der Waals surface area (Å²) in [5, 5.41) is 24.5. The Hall–Kier alpha value is -2.49. The molecular formula is C24H34F7N3O5. The zero-order valence-electron chi connectivity index (χ0n) is 21.6. The van der Waals surface area contributed by atoms with Gasteiger partial charge in [0.25, 0.3) is 0 Å². The molecule has 1 saturated carbocycles. The first-order valence-corrected chi connectivity index (χ1v) is 12.1. The third kappa shape index (κ3) is 12.5. The predicted molar refractivity (Wildman–Crippen MR) is 126 cm³/mol. The molecule has 1 aliphatic carbocycles. The molecule has 8 nitrogen and oxygen atoms in total. The van der Waals surface area contributed by atoms with Crippen LogP contribution >= 0.6 is 0 Å². The molecule has 0 bridgehead atoms. The molecule has 0 spiro atoms. The zero-order valence-corrected chi connectivity index (χ0v) is 21.6. The van der Waals surface area contributed by atoms with Gasteiger partial charge in [-0.25, -0.2) is 14.0 Å². The van der Waals surface area contributed by atoms with Crippen LogP contribution in [-0.4, -0.2) is 113 Å². The number of aliphatic hydroxyl groups is 1. The molecule has 224 valence electrons. The zero-order chi connectivity index (χ0) is 30.0. The first kappa shape index (κ1) is 34.5. The van der Waals surface area contributed by atoms with Crippen molar-refractivity contribution in [3.63, 3.8) is 0 Å². The van der Waals surface area contributed by atoms with E-state index in [4.69, 9.17) is 19.8 Å². The Bertz CT molecular complexity index is 866. The number of carbonyl (C=O) groups is 2. The molecule has 1 saturated heterocycles. The number of carboxylic acids is 2. The van der Waals surface area contributed by atoms with Crippen LogP contribution in [0.4, 0.5) is 30.7 Å². The molecule has 1 unspecified atom stereocenters. The van der Waals surface area contributed by atoms with Gasteiger partial charge in [-0.15, -0.1) is 0 Å². The van der Waals surface area contributed by atoms with Crippen LogP contribution in [0.2, 0.25) is 0 Å². The Morgan fingerprint density at radius 2 is 1.33 bits per heavy atom. The summed E-state index contributed by atoms with van der Waals surface area (Å²) in [5.41, 5.74) is 1.16. The Morgan fingerprint density at radius 1 is 0.897 bits per heavy atom. The monoisotopic (exact) mass is 577 g/mol. The lowest BCUT2D eigenvalue weighted by Crippen LogP contribution is -2.55. The van der Waals surface area contributed by atoms with Gasteiger partial charge in [0.1, 0.15) is 5.82 Å². The van der Waals surface area contributed by atoms with E-state index in [-0.39, 0.29) is 18.0 Å². The largest absolute Gasteiger partial charge is 0.490 e. The molecule has 3 rings (SSSR count). The SMILES string of the molecule is CN(C)C(CN1CCN([C@H]2CCCC[C@@H]2O)CC1)c1ccc(F)cc1.O=C(O)C(F)(F)F.O=C(O)C(F)(F)F. The Morgan fingerprint density at radius 3 is 1.72 bits per heavy atom. The van der Waals surface area contributed by atoms with Gasteiger partial charge in [0.05, 0.1) is 6.10 Å². The molecule has 3 atom stereocenters. The van der Waals surface area contributed by atoms with Crippen molar-refractivity contribution in [2.45, 2.75) is 56.2 Å². The van der Waals surface area contributed by atoms with Crippen molar-refractivity contribution in [3.05, 3.63) is 35.6 Å². The number of nitrogens with zero attached hydrogens (tertiary/aromatic N) is 3. The van der Waals surface area contributed by atoms with Crippen molar-refractivity contribution in [2.75, 3.05) is 46.8 Å². The third-order valence-electron chi connectivity index (χ3n) is 6.36. The average Bonchev–Trinajstić information content (AvgIpc) is 2.83. The van der Waals surface area contributed by atoms with Gasteiger partial charge in [-0.3, -0.25) is 9.80 Å². The lowest BCUT2D eigenvalue weighted by molar-refractivity contribution is -0.193. The van der Waals surface area contributed by atoms with E-state index in [0.717, 1.165) is 51.1 Å². The molecule has 1 aromatic rings. The van der Waals surface area contributed by atoms with Crippen LogP contribution in [0.1, 0.15) is 37.3 Å². The summed E-state index contributed by atoms with van der Waals surface area (Å²) < 4.78 is 76.7. The summed E-state index contributed by atoms with van der Waals surface area (Å²) in [4.78, 5) is 25.0. The molecule has 3 N–H and O–H groups in total. The third-order valence-corrected chi connectivity index (χ3v) is 6.36. The van der Waals surface area contributed by atoms with Gasteiger partial charge in [0.15, 0.2) is 0 Å². The molecule has 39 heavy (non-hydrogen) atoms. The van der Waals surface area contributed by atoms with Gasteiger partial charge in [0.2, 0.25) is 0 Å². The highest BCUT2D eigenvalue weighted by Crippen LogP contribution is 2.25. The van der Waals surface area contributed by atoms with E-state index in [1.165, 1.54) is 12.8 Å². The van der Waals surface area contributed by atoms with E-state index in [1.54, 1.807) is 12.1 Å². The van der Waals surface area contributed by atoms with E-state index in [1.807, 2.05) is 12.1 Å². The average molecular weight is 578 g/mol. The van der Waals surface area contributed by atoms with Crippen molar-refractivity contribution in [1.29, 1.82) is 0 Å². The second kappa shape index (κ2) is 15.3. The fourth-order valence-electron chi connectivity index (χ4n) is 4.29. The highest BCUT2D eigenvalue weighted by atomic mass is 19.4. The van der Waals surface area contributed by atoms with Crippen molar-refractivity contribution < 1.29 is 55.6 Å². The minimum absolute atomic E-state index is 0.144. The van der Waals surface area contributed by atoms with Gasteiger partial charge in [-0.05, 0) is 44.6 Å². The van der Waals surface area contributed by atoms with Crippen molar-refractivity contribution in [3.8, 4) is 0 Å². The number of hydrogen-bond donors (Lipinski definition) is 3. The maximum atomic E-state index is 13.2. The summed E-state index contributed by atoms with van der Waals surface area (Å²) in [6.45, 7) is 5.10. The van der Waals surface area contributed by atoms with E-state index in [2.05, 4.69) is 28.8 Å². The summed E-state index contributed by atoms with van der Waals surface area (Å²) >= 11 is 0. The van der Waals surface area contributed by atoms with Crippen molar-refractivity contribution in [2.24, 2.45) is 0 Å². The van der Waals surface area contributed by atoms with Crippen molar-refractivity contribution >= 4 is 11.9 Å². The highest BCUT2D eigenvalue weighted by molar-refractivity contribution is 5.73. The van der Waals surface area contributed by atoms with Gasteiger partial charge in [-0.2, -0.15) is 26.3 Å². The number of halogens is 7. The quantitative estimate of drug-likeness (QED) is 0.456. The second-order valence-corrected chi connectivity index (χ2v) is 9.39. The molecule has 2 fully saturated rings. The number of hydrogen-bond acceptors (Lipinski definition) is 6. The maximum Gasteiger partial charge on any atom is 0.490 e. The Kier molecular flexibility index (Phi) is 13.6. The fourth-order valence-corrected chi connectivity index (χ4v) is 4.29. The Labute approximate surface area is 221 Å². The lowest BCUT2D eigenvalue weighted by atomic mass is 9.91. The summed E-state index contributed by atoms with van der Waals surface area (Å²) in [7, 11) is 4.17. The molecule has 1 aliphatic heterocycles. The minimum Gasteiger partial charge on any atom is -0.475 e. The van der Waals surface area contributed by atoms with Crippen LogP contribution < -0.4 is 0 Å². The van der Waals surface area contributed by atoms with Crippen LogP contribution in [0.5, 0.6) is 0 Å². The predicted octanol–water partition coefficient (Wildman–Crippen LogP) is 3.62. The number of aliphatic carboxylic acids is 2. The van der Waals surface area contributed by atoms with E-state index < -0.39 is 24.3 Å². The number of rotatable bonds is 5. The minimum atomic E-state index is -5.08. The normalized spacial score (nSPS) is 21.7. The van der Waals surface area contributed by atoms with Crippen LogP contribution in [0.15, 0.2) is 24.3 Å². The van der Waals surface area contributed by atoms with Crippen LogP contribution in [0, 0.1) is 5.82 Å². The maximum absolute atomic E-state index is 13.2. The molecule has 0 aromatic heterocycles. The Balaban J connectivity index is 0.000000449.